The minimum absolute atomic E-state index is 0.0986. The van der Waals surface area contributed by atoms with E-state index in [1.807, 2.05) is 11.3 Å². The number of hydrogen-bond acceptors (Lipinski definition) is 4. The summed E-state index contributed by atoms with van der Waals surface area (Å²) in [5.41, 5.74) is 1.56. The number of thioether (sulfide) groups is 1. The number of aryl methyl sites for hydroxylation is 1. The Morgan fingerprint density at radius 1 is 1.15 bits per heavy atom. The van der Waals surface area contributed by atoms with Gasteiger partial charge >= 0.3 is 0 Å². The maximum atomic E-state index is 13.1. The molecular formula is C19H16ClFN4OS. The normalized spacial score (nSPS) is 11.5. The Bertz CT molecular complexity index is 1190. The van der Waals surface area contributed by atoms with E-state index in [4.69, 9.17) is 11.6 Å². The second-order valence-corrected chi connectivity index (χ2v) is 7.53. The zero-order valence-corrected chi connectivity index (χ0v) is 16.1. The van der Waals surface area contributed by atoms with E-state index < -0.39 is 0 Å². The van der Waals surface area contributed by atoms with Crippen LogP contribution in [-0.2, 0) is 12.3 Å². The standard InChI is InChI=1S/C19H16ClFN4OS/c1-2-9-24-17(26)15-8-5-13(20)10-16(15)25-18(24)22-23-19(25)27-11-12-3-6-14(21)7-4-12/h3-8,10H,2,9,11H2,1H3. The lowest BCUT2D eigenvalue weighted by Crippen LogP contribution is -2.23. The van der Waals surface area contributed by atoms with Crippen LogP contribution in [0.4, 0.5) is 4.39 Å². The fourth-order valence-corrected chi connectivity index (χ4v) is 4.06. The average molecular weight is 403 g/mol. The summed E-state index contributed by atoms with van der Waals surface area (Å²) in [5, 5.41) is 10.3. The monoisotopic (exact) mass is 402 g/mol. The highest BCUT2D eigenvalue weighted by atomic mass is 35.5. The van der Waals surface area contributed by atoms with E-state index >= 15 is 0 Å². The van der Waals surface area contributed by atoms with Crippen LogP contribution in [0.25, 0.3) is 16.7 Å². The molecule has 0 radical (unpaired) electrons. The number of fused-ring (bicyclic) bond motifs is 3. The Labute approximate surface area is 163 Å². The first-order chi connectivity index (χ1) is 13.1. The summed E-state index contributed by atoms with van der Waals surface area (Å²) in [7, 11) is 0. The predicted molar refractivity (Wildman–Crippen MR) is 106 cm³/mol. The molecule has 138 valence electrons. The number of hydrogen-bond donors (Lipinski definition) is 0. The van der Waals surface area contributed by atoms with Gasteiger partial charge in [-0.05, 0) is 42.3 Å². The maximum Gasteiger partial charge on any atom is 0.262 e. The Kier molecular flexibility index (Phi) is 4.88. The van der Waals surface area contributed by atoms with Gasteiger partial charge in [0.25, 0.3) is 5.56 Å². The molecule has 2 aromatic heterocycles. The molecule has 4 rings (SSSR count). The highest BCUT2D eigenvalue weighted by molar-refractivity contribution is 7.98. The topological polar surface area (TPSA) is 52.2 Å². The van der Waals surface area contributed by atoms with E-state index in [0.29, 0.717) is 39.2 Å². The smallest absolute Gasteiger partial charge is 0.262 e. The molecule has 0 bridgehead atoms. The zero-order chi connectivity index (χ0) is 19.0. The lowest BCUT2D eigenvalue weighted by atomic mass is 10.2. The molecule has 0 aliphatic rings. The van der Waals surface area contributed by atoms with Crippen LogP contribution in [0.5, 0.6) is 0 Å². The van der Waals surface area contributed by atoms with E-state index in [2.05, 4.69) is 10.2 Å². The fraction of sp³-hybridized carbons (Fsp3) is 0.211. The highest BCUT2D eigenvalue weighted by Crippen LogP contribution is 2.26. The molecule has 0 unspecified atom stereocenters. The SMILES string of the molecule is CCCn1c(=O)c2ccc(Cl)cc2n2c(SCc3ccc(F)cc3)nnc12. The van der Waals surface area contributed by atoms with Crippen LogP contribution < -0.4 is 5.56 Å². The summed E-state index contributed by atoms with van der Waals surface area (Å²) in [6, 6.07) is 11.6. The third kappa shape index (κ3) is 3.33. The molecule has 27 heavy (non-hydrogen) atoms. The van der Waals surface area contributed by atoms with Gasteiger partial charge in [0, 0.05) is 17.3 Å². The van der Waals surface area contributed by atoms with Gasteiger partial charge in [0.1, 0.15) is 5.82 Å². The second kappa shape index (κ2) is 7.32. The molecule has 0 saturated heterocycles. The van der Waals surface area contributed by atoms with Gasteiger partial charge in [-0.3, -0.25) is 13.8 Å². The van der Waals surface area contributed by atoms with Crippen molar-refractivity contribution in [2.24, 2.45) is 0 Å². The van der Waals surface area contributed by atoms with Gasteiger partial charge in [0.15, 0.2) is 5.16 Å². The minimum Gasteiger partial charge on any atom is -0.276 e. The van der Waals surface area contributed by atoms with Gasteiger partial charge in [-0.25, -0.2) is 4.39 Å². The van der Waals surface area contributed by atoms with Gasteiger partial charge in [-0.1, -0.05) is 42.4 Å². The Hall–Kier alpha value is -2.38. The molecular weight excluding hydrogens is 387 g/mol. The lowest BCUT2D eigenvalue weighted by molar-refractivity contribution is 0.627. The Morgan fingerprint density at radius 2 is 1.93 bits per heavy atom. The molecule has 0 saturated carbocycles. The van der Waals surface area contributed by atoms with Crippen LogP contribution in [0.1, 0.15) is 18.9 Å². The van der Waals surface area contributed by atoms with E-state index in [9.17, 15) is 9.18 Å². The summed E-state index contributed by atoms with van der Waals surface area (Å²) in [6.07, 6.45) is 0.805. The number of rotatable bonds is 5. The van der Waals surface area contributed by atoms with Gasteiger partial charge in [-0.2, -0.15) is 0 Å². The zero-order valence-electron chi connectivity index (χ0n) is 14.5. The van der Waals surface area contributed by atoms with Crippen molar-refractivity contribution in [3.8, 4) is 0 Å². The molecule has 2 aromatic carbocycles. The van der Waals surface area contributed by atoms with Gasteiger partial charge in [0.2, 0.25) is 5.78 Å². The van der Waals surface area contributed by atoms with E-state index in [0.717, 1.165) is 12.0 Å². The molecule has 0 amide bonds. The van der Waals surface area contributed by atoms with Crippen LogP contribution in [-0.4, -0.2) is 19.2 Å². The first-order valence-electron chi connectivity index (χ1n) is 8.53. The quantitative estimate of drug-likeness (QED) is 0.460. The second-order valence-electron chi connectivity index (χ2n) is 6.15. The van der Waals surface area contributed by atoms with Crippen LogP contribution in [0.2, 0.25) is 5.02 Å². The summed E-state index contributed by atoms with van der Waals surface area (Å²) >= 11 is 7.65. The molecule has 8 heteroatoms. The fourth-order valence-electron chi connectivity index (χ4n) is 3.00. The summed E-state index contributed by atoms with van der Waals surface area (Å²) < 4.78 is 16.6. The van der Waals surface area contributed by atoms with Crippen molar-refractivity contribution in [1.82, 2.24) is 19.2 Å². The van der Waals surface area contributed by atoms with Crippen molar-refractivity contribution in [1.29, 1.82) is 0 Å². The summed E-state index contributed by atoms with van der Waals surface area (Å²) in [5.74, 6) is 0.842. The number of nitrogens with zero attached hydrogens (tertiary/aromatic N) is 4. The van der Waals surface area contributed by atoms with E-state index in [1.54, 1.807) is 34.9 Å². The average Bonchev–Trinajstić information content (AvgIpc) is 3.08. The summed E-state index contributed by atoms with van der Waals surface area (Å²) in [4.78, 5) is 12.9. The van der Waals surface area contributed by atoms with Gasteiger partial charge in [0.05, 0.1) is 10.9 Å². The molecule has 0 fully saturated rings. The first-order valence-corrected chi connectivity index (χ1v) is 9.89. The molecule has 4 aromatic rings. The molecule has 0 atom stereocenters. The van der Waals surface area contributed by atoms with Crippen LogP contribution in [0, 0.1) is 5.82 Å². The summed E-state index contributed by atoms with van der Waals surface area (Å²) in [6.45, 7) is 2.57. The molecule has 0 spiro atoms. The van der Waals surface area contributed by atoms with Gasteiger partial charge in [-0.15, -0.1) is 10.2 Å². The Balaban J connectivity index is 1.86. The third-order valence-electron chi connectivity index (χ3n) is 4.26. The minimum atomic E-state index is -0.263. The highest BCUT2D eigenvalue weighted by Gasteiger charge is 2.17. The van der Waals surface area contributed by atoms with Crippen molar-refractivity contribution in [3.05, 3.63) is 69.2 Å². The lowest BCUT2D eigenvalue weighted by Gasteiger charge is -2.10. The molecule has 5 nitrogen and oxygen atoms in total. The van der Waals surface area contributed by atoms with Crippen molar-refractivity contribution in [3.63, 3.8) is 0 Å². The van der Waals surface area contributed by atoms with Crippen molar-refractivity contribution >= 4 is 40.0 Å². The van der Waals surface area contributed by atoms with Crippen molar-refractivity contribution < 1.29 is 4.39 Å². The number of halogens is 2. The number of aromatic nitrogens is 4. The molecule has 0 aliphatic carbocycles. The van der Waals surface area contributed by atoms with E-state index in [-0.39, 0.29) is 11.4 Å². The third-order valence-corrected chi connectivity index (χ3v) is 5.50. The first kappa shape index (κ1) is 18.0. The van der Waals surface area contributed by atoms with Crippen LogP contribution >= 0.6 is 23.4 Å². The molecule has 0 aliphatic heterocycles. The predicted octanol–water partition coefficient (Wildman–Crippen LogP) is 4.54. The molecule has 0 N–H and O–H groups in total. The van der Waals surface area contributed by atoms with E-state index in [1.165, 1.54) is 23.9 Å². The number of benzene rings is 2. The van der Waals surface area contributed by atoms with Crippen molar-refractivity contribution in [2.45, 2.75) is 30.8 Å². The maximum absolute atomic E-state index is 13.1. The van der Waals surface area contributed by atoms with Crippen molar-refractivity contribution in [2.75, 3.05) is 0 Å². The largest absolute Gasteiger partial charge is 0.276 e. The van der Waals surface area contributed by atoms with Crippen LogP contribution in [0.3, 0.4) is 0 Å². The van der Waals surface area contributed by atoms with Crippen LogP contribution in [0.15, 0.2) is 52.4 Å². The van der Waals surface area contributed by atoms with Gasteiger partial charge < -0.3 is 0 Å². The Morgan fingerprint density at radius 3 is 2.67 bits per heavy atom. The molecule has 2 heterocycles.